The van der Waals surface area contributed by atoms with Gasteiger partial charge in [0.25, 0.3) is 11.8 Å². The summed E-state index contributed by atoms with van der Waals surface area (Å²) in [6.45, 7) is 2.55. The zero-order valence-corrected chi connectivity index (χ0v) is 15.1. The smallest absolute Gasteiger partial charge is 0.255 e. The molecule has 3 N–H and O–H groups in total. The van der Waals surface area contributed by atoms with Crippen LogP contribution in [-0.4, -0.2) is 54.2 Å². The molecular weight excluding hydrogens is 348 g/mol. The van der Waals surface area contributed by atoms with Crippen LogP contribution >= 0.6 is 11.6 Å². The molecule has 0 aliphatic carbocycles. The molecule has 1 saturated heterocycles. The van der Waals surface area contributed by atoms with Crippen molar-refractivity contribution in [1.82, 2.24) is 4.90 Å². The number of hydrogen-bond donors (Lipinski definition) is 2. The van der Waals surface area contributed by atoms with Crippen LogP contribution in [0.1, 0.15) is 36.5 Å². The van der Waals surface area contributed by atoms with Crippen LogP contribution < -0.4 is 15.2 Å². The van der Waals surface area contributed by atoms with Gasteiger partial charge in [-0.05, 0) is 31.4 Å². The van der Waals surface area contributed by atoms with Gasteiger partial charge in [0.05, 0.1) is 17.7 Å². The van der Waals surface area contributed by atoms with Crippen LogP contribution in [0.5, 0.6) is 11.5 Å². The number of likely N-dealkylation sites (tertiary alicyclic amines) is 1. The molecule has 7 nitrogen and oxygen atoms in total. The minimum Gasteiger partial charge on any atom is -0.493 e. The average molecular weight is 371 g/mol. The van der Waals surface area contributed by atoms with Crippen molar-refractivity contribution in [3.8, 4) is 11.5 Å². The molecule has 1 aromatic carbocycles. The molecule has 0 spiro atoms. The maximum Gasteiger partial charge on any atom is 0.255 e. The molecule has 0 radical (unpaired) electrons. The summed E-state index contributed by atoms with van der Waals surface area (Å²) in [5.41, 5.74) is 4.72. The highest BCUT2D eigenvalue weighted by atomic mass is 35.5. The molecule has 1 aliphatic heterocycles. The maximum atomic E-state index is 12.7. The Morgan fingerprint density at radius 3 is 2.52 bits per heavy atom. The Labute approximate surface area is 151 Å². The zero-order valence-electron chi connectivity index (χ0n) is 14.4. The Hall–Kier alpha value is -1.99. The first-order valence-electron chi connectivity index (χ1n) is 8.10. The van der Waals surface area contributed by atoms with Crippen LogP contribution in [0.2, 0.25) is 5.02 Å². The van der Waals surface area contributed by atoms with E-state index in [2.05, 4.69) is 0 Å². The molecule has 1 aromatic rings. The molecular formula is C17H23ClN2O5. The van der Waals surface area contributed by atoms with Gasteiger partial charge in [-0.25, -0.2) is 0 Å². The predicted molar refractivity (Wildman–Crippen MR) is 93.1 cm³/mol. The second kappa shape index (κ2) is 7.93. The number of nitrogens with two attached hydrogens (primary N) is 1. The number of hydrogen-bond acceptors (Lipinski definition) is 5. The second-order valence-electron chi connectivity index (χ2n) is 6.11. The van der Waals surface area contributed by atoms with Gasteiger partial charge in [-0.2, -0.15) is 0 Å². The summed E-state index contributed by atoms with van der Waals surface area (Å²) in [7, 11) is 1.42. The quantitative estimate of drug-likeness (QED) is 0.791. The lowest BCUT2D eigenvalue weighted by Crippen LogP contribution is -2.46. The van der Waals surface area contributed by atoms with Crippen molar-refractivity contribution in [3.63, 3.8) is 0 Å². The molecule has 138 valence electrons. The van der Waals surface area contributed by atoms with E-state index in [4.69, 9.17) is 26.8 Å². The lowest BCUT2D eigenvalue weighted by Gasteiger charge is -2.37. The summed E-state index contributed by atoms with van der Waals surface area (Å²) >= 11 is 6.18. The molecule has 0 unspecified atom stereocenters. The number of aliphatic hydroxyl groups is 1. The first-order chi connectivity index (χ1) is 11.8. The summed E-state index contributed by atoms with van der Waals surface area (Å²) in [5, 5.41) is 10.4. The van der Waals surface area contributed by atoms with Crippen molar-refractivity contribution in [2.24, 2.45) is 5.73 Å². The SMILES string of the molecule is CCC1(O)CCN(C(=O)c2cc(Cl)c(OCC(N)=O)c(OC)c2)CC1. The maximum absolute atomic E-state index is 12.7. The van der Waals surface area contributed by atoms with Gasteiger partial charge in [-0.3, -0.25) is 9.59 Å². The van der Waals surface area contributed by atoms with Gasteiger partial charge in [-0.1, -0.05) is 18.5 Å². The highest BCUT2D eigenvalue weighted by molar-refractivity contribution is 6.32. The molecule has 1 fully saturated rings. The van der Waals surface area contributed by atoms with E-state index in [-0.39, 0.29) is 29.0 Å². The van der Waals surface area contributed by atoms with Crippen LogP contribution in [-0.2, 0) is 4.79 Å². The van der Waals surface area contributed by atoms with E-state index in [0.29, 0.717) is 37.9 Å². The number of ether oxygens (including phenoxy) is 2. The Kier molecular flexibility index (Phi) is 6.13. The van der Waals surface area contributed by atoms with Crippen LogP contribution in [0.3, 0.4) is 0 Å². The predicted octanol–water partition coefficient (Wildman–Crippen LogP) is 1.59. The first-order valence-corrected chi connectivity index (χ1v) is 8.47. The van der Waals surface area contributed by atoms with Crippen LogP contribution in [0.4, 0.5) is 0 Å². The van der Waals surface area contributed by atoms with Crippen molar-refractivity contribution >= 4 is 23.4 Å². The molecule has 1 heterocycles. The standard InChI is InChI=1S/C17H23ClN2O5/c1-3-17(23)4-6-20(7-5-17)16(22)11-8-12(18)15(13(9-11)24-2)25-10-14(19)21/h8-9,23H,3-7,10H2,1-2H3,(H2,19,21). The average Bonchev–Trinajstić information content (AvgIpc) is 2.60. The Morgan fingerprint density at radius 2 is 2.00 bits per heavy atom. The number of halogens is 1. The fourth-order valence-corrected chi connectivity index (χ4v) is 3.05. The zero-order chi connectivity index (χ0) is 18.6. The van der Waals surface area contributed by atoms with E-state index in [0.717, 1.165) is 0 Å². The van der Waals surface area contributed by atoms with Gasteiger partial charge in [0.2, 0.25) is 0 Å². The first kappa shape index (κ1) is 19.3. The Bertz CT molecular complexity index is 657. The topological polar surface area (TPSA) is 102 Å². The highest BCUT2D eigenvalue weighted by Gasteiger charge is 2.33. The lowest BCUT2D eigenvalue weighted by atomic mass is 9.89. The van der Waals surface area contributed by atoms with E-state index in [9.17, 15) is 14.7 Å². The molecule has 0 atom stereocenters. The minimum atomic E-state index is -0.696. The third-order valence-electron chi connectivity index (χ3n) is 4.47. The number of nitrogens with zero attached hydrogens (tertiary/aromatic N) is 1. The fraction of sp³-hybridized carbons (Fsp3) is 0.529. The van der Waals surface area contributed by atoms with E-state index in [1.54, 1.807) is 4.90 Å². The number of benzene rings is 1. The van der Waals surface area contributed by atoms with Gasteiger partial charge in [0, 0.05) is 18.7 Å². The van der Waals surface area contributed by atoms with Gasteiger partial charge in [-0.15, -0.1) is 0 Å². The lowest BCUT2D eigenvalue weighted by molar-refractivity contribution is -0.119. The monoisotopic (exact) mass is 370 g/mol. The van der Waals surface area contributed by atoms with Crippen molar-refractivity contribution in [3.05, 3.63) is 22.7 Å². The van der Waals surface area contributed by atoms with Gasteiger partial charge in [0.1, 0.15) is 0 Å². The molecule has 0 aromatic heterocycles. The number of carbonyl (C=O) groups is 2. The number of methoxy groups -OCH3 is 1. The van der Waals surface area contributed by atoms with Crippen LogP contribution in [0.15, 0.2) is 12.1 Å². The van der Waals surface area contributed by atoms with E-state index in [1.807, 2.05) is 6.92 Å². The second-order valence-corrected chi connectivity index (χ2v) is 6.52. The van der Waals surface area contributed by atoms with E-state index in [1.165, 1.54) is 19.2 Å². The summed E-state index contributed by atoms with van der Waals surface area (Å²) in [5.74, 6) is -0.424. The third-order valence-corrected chi connectivity index (χ3v) is 4.76. The minimum absolute atomic E-state index is 0.158. The van der Waals surface area contributed by atoms with E-state index < -0.39 is 11.5 Å². The van der Waals surface area contributed by atoms with Gasteiger partial charge in [0.15, 0.2) is 18.1 Å². The molecule has 0 saturated carbocycles. The summed E-state index contributed by atoms with van der Waals surface area (Å²) in [6, 6.07) is 2.99. The summed E-state index contributed by atoms with van der Waals surface area (Å²) < 4.78 is 10.5. The summed E-state index contributed by atoms with van der Waals surface area (Å²) in [4.78, 5) is 25.3. The number of piperidine rings is 1. The molecule has 0 bridgehead atoms. The number of carbonyl (C=O) groups excluding carboxylic acids is 2. The highest BCUT2D eigenvalue weighted by Crippen LogP contribution is 2.37. The van der Waals surface area contributed by atoms with Crippen LogP contribution in [0, 0.1) is 0 Å². The fourth-order valence-electron chi connectivity index (χ4n) is 2.79. The van der Waals surface area contributed by atoms with Crippen molar-refractivity contribution in [2.75, 3.05) is 26.8 Å². The van der Waals surface area contributed by atoms with Gasteiger partial charge < -0.3 is 25.2 Å². The van der Waals surface area contributed by atoms with Gasteiger partial charge >= 0.3 is 0 Å². The van der Waals surface area contributed by atoms with Crippen molar-refractivity contribution < 1.29 is 24.2 Å². The number of rotatable bonds is 6. The molecule has 2 rings (SSSR count). The Morgan fingerprint density at radius 1 is 1.36 bits per heavy atom. The number of amides is 2. The van der Waals surface area contributed by atoms with Crippen molar-refractivity contribution in [1.29, 1.82) is 0 Å². The summed E-state index contributed by atoms with van der Waals surface area (Å²) in [6.07, 6.45) is 1.75. The van der Waals surface area contributed by atoms with Crippen LogP contribution in [0.25, 0.3) is 0 Å². The largest absolute Gasteiger partial charge is 0.493 e. The normalized spacial score (nSPS) is 16.4. The number of primary amides is 1. The van der Waals surface area contributed by atoms with Crippen molar-refractivity contribution in [2.45, 2.75) is 31.8 Å². The Balaban J connectivity index is 2.18. The molecule has 2 amide bonds. The van der Waals surface area contributed by atoms with E-state index >= 15 is 0 Å². The molecule has 8 heteroatoms. The third kappa shape index (κ3) is 4.55. The molecule has 1 aliphatic rings. The molecule has 25 heavy (non-hydrogen) atoms.